The number of anilines is 1. The summed E-state index contributed by atoms with van der Waals surface area (Å²) in [6.45, 7) is 4.24. The molecule has 8 nitrogen and oxygen atoms in total. The molecule has 0 unspecified atom stereocenters. The molecule has 2 heterocycles. The minimum absolute atomic E-state index is 0.0811. The Hall–Kier alpha value is -3.13. The summed E-state index contributed by atoms with van der Waals surface area (Å²) in [5.41, 5.74) is 0.814. The van der Waals surface area contributed by atoms with Gasteiger partial charge in [-0.1, -0.05) is 6.08 Å². The van der Waals surface area contributed by atoms with Gasteiger partial charge >= 0.3 is 0 Å². The van der Waals surface area contributed by atoms with Gasteiger partial charge in [-0.15, -0.1) is 0 Å². The molecule has 8 heteroatoms. The van der Waals surface area contributed by atoms with E-state index in [0.717, 1.165) is 44.2 Å². The number of aromatic nitrogens is 2. The third kappa shape index (κ3) is 5.48. The molecule has 160 valence electrons. The largest absolute Gasteiger partial charge is 0.493 e. The summed E-state index contributed by atoms with van der Waals surface area (Å²) in [5.74, 6) is 2.50. The normalized spacial score (nSPS) is 14.7. The number of ether oxygens (including phenoxy) is 3. The molecule has 0 atom stereocenters. The summed E-state index contributed by atoms with van der Waals surface area (Å²) < 4.78 is 16.0. The van der Waals surface area contributed by atoms with Crippen LogP contribution in [0.4, 0.5) is 5.95 Å². The highest BCUT2D eigenvalue weighted by Gasteiger charge is 2.19. The average Bonchev–Trinajstić information content (AvgIpc) is 2.81. The zero-order valence-corrected chi connectivity index (χ0v) is 17.7. The van der Waals surface area contributed by atoms with Crippen LogP contribution in [0.3, 0.4) is 0 Å². The molecule has 0 N–H and O–H groups in total. The van der Waals surface area contributed by atoms with Gasteiger partial charge in [-0.3, -0.25) is 9.69 Å². The zero-order chi connectivity index (χ0) is 21.3. The van der Waals surface area contributed by atoms with E-state index in [2.05, 4.69) is 19.8 Å². The Balaban J connectivity index is 1.50. The van der Waals surface area contributed by atoms with E-state index in [1.54, 1.807) is 45.9 Å². The number of benzene rings is 1. The SMILES string of the molecule is COc1cc(/C=C/C(=O)CCN2CCN(c3ncccn3)CC2)cc(OC)c1OC. The van der Waals surface area contributed by atoms with Crippen LogP contribution >= 0.6 is 0 Å². The summed E-state index contributed by atoms with van der Waals surface area (Å²) in [7, 11) is 4.70. The van der Waals surface area contributed by atoms with Crippen LogP contribution in [0.5, 0.6) is 17.2 Å². The summed E-state index contributed by atoms with van der Waals surface area (Å²) in [4.78, 5) is 25.4. The third-order valence-electron chi connectivity index (χ3n) is 5.03. The van der Waals surface area contributed by atoms with E-state index in [1.165, 1.54) is 0 Å². The number of ketones is 1. The van der Waals surface area contributed by atoms with E-state index in [-0.39, 0.29) is 5.78 Å². The lowest BCUT2D eigenvalue weighted by Gasteiger charge is -2.34. The highest BCUT2D eigenvalue weighted by Crippen LogP contribution is 2.38. The molecule has 0 radical (unpaired) electrons. The molecular weight excluding hydrogens is 384 g/mol. The standard InChI is InChI=1S/C22H28N4O4/c1-28-19-15-17(16-20(29-2)21(19)30-3)5-6-18(27)7-10-25-11-13-26(14-12-25)22-23-8-4-9-24-22/h4-6,8-9,15-16H,7,10-14H2,1-3H3/b6-5+. The van der Waals surface area contributed by atoms with Gasteiger partial charge in [-0.25, -0.2) is 9.97 Å². The summed E-state index contributed by atoms with van der Waals surface area (Å²) in [6.07, 6.45) is 7.37. The summed E-state index contributed by atoms with van der Waals surface area (Å²) >= 11 is 0. The lowest BCUT2D eigenvalue weighted by atomic mass is 10.1. The first kappa shape index (κ1) is 21.6. The maximum absolute atomic E-state index is 12.3. The first-order valence-electron chi connectivity index (χ1n) is 9.90. The van der Waals surface area contributed by atoms with Crippen molar-refractivity contribution in [2.75, 3.05) is 59.0 Å². The third-order valence-corrected chi connectivity index (χ3v) is 5.03. The van der Waals surface area contributed by atoms with Crippen LogP contribution in [0.1, 0.15) is 12.0 Å². The lowest BCUT2D eigenvalue weighted by Crippen LogP contribution is -2.47. The monoisotopic (exact) mass is 412 g/mol. The highest BCUT2D eigenvalue weighted by atomic mass is 16.5. The van der Waals surface area contributed by atoms with Crippen LogP contribution in [0.25, 0.3) is 6.08 Å². The van der Waals surface area contributed by atoms with Crippen molar-refractivity contribution in [1.82, 2.24) is 14.9 Å². The van der Waals surface area contributed by atoms with Crippen LogP contribution in [0.15, 0.2) is 36.7 Å². The minimum atomic E-state index is 0.0811. The molecule has 0 aliphatic carbocycles. The van der Waals surface area contributed by atoms with Gasteiger partial charge in [0.25, 0.3) is 0 Å². The van der Waals surface area contributed by atoms with E-state index < -0.39 is 0 Å². The van der Waals surface area contributed by atoms with Crippen molar-refractivity contribution in [3.8, 4) is 17.2 Å². The average molecular weight is 412 g/mol. The van der Waals surface area contributed by atoms with Crippen LogP contribution in [0.2, 0.25) is 0 Å². The molecule has 0 amide bonds. The van der Waals surface area contributed by atoms with E-state index in [1.807, 2.05) is 18.2 Å². The van der Waals surface area contributed by atoms with Crippen LogP contribution in [0, 0.1) is 0 Å². The second kappa shape index (κ2) is 10.6. The second-order valence-electron chi connectivity index (χ2n) is 6.89. The summed E-state index contributed by atoms with van der Waals surface area (Å²) in [5, 5.41) is 0. The molecular formula is C22H28N4O4. The van der Waals surface area contributed by atoms with Crippen LogP contribution in [-0.4, -0.2) is 74.7 Å². The molecule has 2 aromatic rings. The van der Waals surface area contributed by atoms with Gasteiger partial charge in [-0.05, 0) is 29.8 Å². The molecule has 0 bridgehead atoms. The second-order valence-corrected chi connectivity index (χ2v) is 6.89. The highest BCUT2D eigenvalue weighted by molar-refractivity contribution is 5.93. The molecule has 1 aromatic heterocycles. The van der Waals surface area contributed by atoms with Gasteiger partial charge in [0.05, 0.1) is 21.3 Å². The topological polar surface area (TPSA) is 77.0 Å². The molecule has 1 fully saturated rings. The predicted octanol–water partition coefficient (Wildman–Crippen LogP) is 2.30. The van der Waals surface area contributed by atoms with E-state index >= 15 is 0 Å². The Labute approximate surface area is 177 Å². The fraction of sp³-hybridized carbons (Fsp3) is 0.409. The Bertz CT molecular complexity index is 840. The van der Waals surface area contributed by atoms with Crippen LogP contribution < -0.4 is 19.1 Å². The van der Waals surface area contributed by atoms with Crippen molar-refractivity contribution < 1.29 is 19.0 Å². The maximum Gasteiger partial charge on any atom is 0.225 e. The molecule has 3 rings (SSSR count). The van der Waals surface area contributed by atoms with Crippen LogP contribution in [-0.2, 0) is 4.79 Å². The number of hydrogen-bond acceptors (Lipinski definition) is 8. The molecule has 30 heavy (non-hydrogen) atoms. The Morgan fingerprint density at radius 3 is 2.20 bits per heavy atom. The van der Waals surface area contributed by atoms with Crippen molar-refractivity contribution >= 4 is 17.8 Å². The Kier molecular flexibility index (Phi) is 7.62. The quantitative estimate of drug-likeness (QED) is 0.581. The fourth-order valence-corrected chi connectivity index (χ4v) is 3.36. The minimum Gasteiger partial charge on any atom is -0.493 e. The zero-order valence-electron chi connectivity index (χ0n) is 17.7. The number of hydrogen-bond donors (Lipinski definition) is 0. The summed E-state index contributed by atoms with van der Waals surface area (Å²) in [6, 6.07) is 5.45. The fourth-order valence-electron chi connectivity index (χ4n) is 3.36. The Morgan fingerprint density at radius 2 is 1.63 bits per heavy atom. The van der Waals surface area contributed by atoms with Gasteiger partial charge in [0.1, 0.15) is 0 Å². The van der Waals surface area contributed by atoms with Gasteiger partial charge in [0, 0.05) is 51.5 Å². The molecule has 1 aliphatic heterocycles. The maximum atomic E-state index is 12.3. The predicted molar refractivity (Wildman–Crippen MR) is 115 cm³/mol. The van der Waals surface area contributed by atoms with E-state index in [9.17, 15) is 4.79 Å². The van der Waals surface area contributed by atoms with Gasteiger partial charge in [0.2, 0.25) is 11.7 Å². The van der Waals surface area contributed by atoms with Gasteiger partial charge in [0.15, 0.2) is 17.3 Å². The smallest absolute Gasteiger partial charge is 0.225 e. The molecule has 1 saturated heterocycles. The number of rotatable bonds is 9. The van der Waals surface area contributed by atoms with Gasteiger partial charge in [-0.2, -0.15) is 0 Å². The van der Waals surface area contributed by atoms with Crippen molar-refractivity contribution in [3.05, 3.63) is 42.2 Å². The number of methoxy groups -OCH3 is 3. The number of piperazine rings is 1. The van der Waals surface area contributed by atoms with Crippen molar-refractivity contribution in [2.24, 2.45) is 0 Å². The van der Waals surface area contributed by atoms with E-state index in [4.69, 9.17) is 14.2 Å². The number of allylic oxidation sites excluding steroid dienone is 1. The molecule has 1 aliphatic rings. The van der Waals surface area contributed by atoms with Crippen molar-refractivity contribution in [3.63, 3.8) is 0 Å². The molecule has 0 saturated carbocycles. The van der Waals surface area contributed by atoms with E-state index in [0.29, 0.717) is 23.7 Å². The molecule has 0 spiro atoms. The Morgan fingerprint density at radius 1 is 1.00 bits per heavy atom. The first-order valence-corrected chi connectivity index (χ1v) is 9.90. The first-order chi connectivity index (χ1) is 14.6. The van der Waals surface area contributed by atoms with Crippen molar-refractivity contribution in [2.45, 2.75) is 6.42 Å². The number of nitrogens with zero attached hydrogens (tertiary/aromatic N) is 4. The number of carbonyl (C=O) groups is 1. The van der Waals surface area contributed by atoms with Gasteiger partial charge < -0.3 is 19.1 Å². The van der Waals surface area contributed by atoms with Crippen molar-refractivity contribution in [1.29, 1.82) is 0 Å². The lowest BCUT2D eigenvalue weighted by molar-refractivity contribution is -0.114. The number of carbonyl (C=O) groups excluding carboxylic acids is 1. The molecule has 1 aromatic carbocycles.